The number of rotatable bonds is 10. The number of allylic oxidation sites excluding steroid dienone is 8. The van der Waals surface area contributed by atoms with Gasteiger partial charge in [0.15, 0.2) is 0 Å². The van der Waals surface area contributed by atoms with Gasteiger partial charge in [0.05, 0.1) is 24.9 Å². The van der Waals surface area contributed by atoms with Gasteiger partial charge in [0, 0.05) is 31.8 Å². The van der Waals surface area contributed by atoms with E-state index in [4.69, 9.17) is 9.47 Å². The number of aromatic nitrogens is 1. The Bertz CT molecular complexity index is 1290. The Morgan fingerprint density at radius 1 is 1.20 bits per heavy atom. The zero-order valence-electron chi connectivity index (χ0n) is 29.5. The van der Waals surface area contributed by atoms with Gasteiger partial charge in [-0.3, -0.25) is 9.69 Å². The maximum absolute atomic E-state index is 12.5. The molecular weight excluding hydrogens is 585 g/mol. The fraction of sp³-hybridized carbons (Fsp3) is 0.500. The maximum Gasteiger partial charge on any atom is 0.415 e. The van der Waals surface area contributed by atoms with Crippen molar-refractivity contribution < 1.29 is 19.4 Å². The van der Waals surface area contributed by atoms with E-state index in [0.29, 0.717) is 49.5 Å². The lowest BCUT2D eigenvalue weighted by molar-refractivity contribution is 0.0580. The second kappa shape index (κ2) is 22.2. The second-order valence-corrected chi connectivity index (χ2v) is 11.2. The van der Waals surface area contributed by atoms with Crippen LogP contribution in [0.25, 0.3) is 0 Å². The molecule has 0 aromatic carbocycles. The van der Waals surface area contributed by atoms with E-state index in [2.05, 4.69) is 33.0 Å². The van der Waals surface area contributed by atoms with Crippen molar-refractivity contribution >= 4 is 21.0 Å². The fourth-order valence-electron chi connectivity index (χ4n) is 4.47. The molecule has 2 aliphatic rings. The number of nitrogens with one attached hydrogen (secondary N) is 1. The number of hydrogen-bond donors (Lipinski definition) is 2. The van der Waals surface area contributed by atoms with Gasteiger partial charge in [-0.05, 0) is 68.9 Å². The van der Waals surface area contributed by atoms with Crippen molar-refractivity contribution in [2.45, 2.75) is 87.2 Å². The van der Waals surface area contributed by atoms with Gasteiger partial charge in [0.25, 0.3) is 0 Å². The molecule has 2 atom stereocenters. The Labute approximate surface area is 274 Å². The molecule has 1 fully saturated rings. The van der Waals surface area contributed by atoms with Crippen LogP contribution in [0.4, 0.5) is 10.5 Å². The summed E-state index contributed by atoms with van der Waals surface area (Å²) in [5.74, 6) is 0.813. The number of aliphatic hydroxyl groups is 1. The molecule has 3 rings (SSSR count). The number of methoxy groups -OCH3 is 1. The van der Waals surface area contributed by atoms with E-state index >= 15 is 0 Å². The molecular formula is C36H58N3O5P. The van der Waals surface area contributed by atoms with E-state index in [1.54, 1.807) is 13.2 Å². The summed E-state index contributed by atoms with van der Waals surface area (Å²) in [6.45, 7) is 19.8. The highest BCUT2D eigenvalue weighted by Gasteiger charge is 2.42. The molecule has 2 N–H and O–H groups in total. The third-order valence-electron chi connectivity index (χ3n) is 6.51. The first-order valence-electron chi connectivity index (χ1n) is 16.0. The van der Waals surface area contributed by atoms with E-state index in [-0.39, 0.29) is 11.3 Å². The average Bonchev–Trinajstić information content (AvgIpc) is 3.23. The smallest absolute Gasteiger partial charge is 0.415 e. The number of anilines is 1. The third kappa shape index (κ3) is 14.1. The highest BCUT2D eigenvalue weighted by Crippen LogP contribution is 2.31. The first kappa shape index (κ1) is 41.7. The first-order chi connectivity index (χ1) is 21.5. The number of likely N-dealkylation sites (N-methyl/N-ethyl adjacent to an activating group) is 1. The number of pyridine rings is 1. The summed E-state index contributed by atoms with van der Waals surface area (Å²) in [6.07, 6.45) is 15.3. The van der Waals surface area contributed by atoms with Crippen LogP contribution in [-0.4, -0.2) is 60.5 Å². The van der Waals surface area contributed by atoms with E-state index < -0.39 is 11.7 Å². The van der Waals surface area contributed by atoms with Gasteiger partial charge in [-0.15, -0.1) is 9.24 Å². The van der Waals surface area contributed by atoms with E-state index in [1.807, 2.05) is 92.0 Å². The van der Waals surface area contributed by atoms with Crippen LogP contribution in [0.15, 0.2) is 93.1 Å². The molecule has 9 heteroatoms. The molecule has 0 bridgehead atoms. The van der Waals surface area contributed by atoms with Gasteiger partial charge in [-0.1, -0.05) is 72.3 Å². The van der Waals surface area contributed by atoms with Crippen LogP contribution in [0.5, 0.6) is 0 Å². The zero-order chi connectivity index (χ0) is 34.6. The van der Waals surface area contributed by atoms with Crippen LogP contribution >= 0.6 is 9.24 Å². The number of aliphatic hydroxyl groups excluding tert-OH is 1. The van der Waals surface area contributed by atoms with Gasteiger partial charge in [-0.25, -0.2) is 4.79 Å². The Hall–Kier alpha value is -3.35. The van der Waals surface area contributed by atoms with Gasteiger partial charge < -0.3 is 24.5 Å². The molecule has 1 saturated heterocycles. The lowest BCUT2D eigenvalue weighted by atomic mass is 10.0. The predicted octanol–water partition coefficient (Wildman–Crippen LogP) is 8.83. The van der Waals surface area contributed by atoms with Crippen LogP contribution in [-0.2, 0) is 9.47 Å². The summed E-state index contributed by atoms with van der Waals surface area (Å²) < 4.78 is 11.3. The van der Waals surface area contributed by atoms with Crippen molar-refractivity contribution in [2.24, 2.45) is 0 Å². The highest BCUT2D eigenvalue weighted by molar-refractivity contribution is 7.22. The van der Waals surface area contributed by atoms with E-state index in [9.17, 15) is 14.7 Å². The van der Waals surface area contributed by atoms with Crippen LogP contribution in [0.1, 0.15) is 81.6 Å². The van der Waals surface area contributed by atoms with Crippen molar-refractivity contribution in [3.63, 3.8) is 0 Å². The van der Waals surface area contributed by atoms with Gasteiger partial charge >= 0.3 is 6.09 Å². The number of amides is 1. The third-order valence-corrected chi connectivity index (χ3v) is 6.90. The summed E-state index contributed by atoms with van der Waals surface area (Å²) in [6, 6.07) is 3.01. The Balaban J connectivity index is 0.00000256. The number of carbonyl (C=O) groups is 1. The minimum Gasteiger partial charge on any atom is -0.507 e. The van der Waals surface area contributed by atoms with Gasteiger partial charge in [0.2, 0.25) is 5.56 Å². The molecule has 1 aromatic heterocycles. The van der Waals surface area contributed by atoms with Gasteiger partial charge in [0.1, 0.15) is 17.1 Å². The molecule has 0 radical (unpaired) electrons. The molecule has 45 heavy (non-hydrogen) atoms. The first-order valence-corrected chi connectivity index (χ1v) is 16.6. The molecule has 1 aliphatic carbocycles. The largest absolute Gasteiger partial charge is 0.507 e. The van der Waals surface area contributed by atoms with Crippen molar-refractivity contribution in [1.82, 2.24) is 9.88 Å². The topological polar surface area (TPSA) is 95.1 Å². The molecule has 2 unspecified atom stereocenters. The van der Waals surface area contributed by atoms with E-state index in [1.165, 1.54) is 23.6 Å². The normalized spacial score (nSPS) is 18.5. The van der Waals surface area contributed by atoms with Crippen LogP contribution in [0.3, 0.4) is 0 Å². The molecule has 1 aliphatic heterocycles. The lowest BCUT2D eigenvalue weighted by Gasteiger charge is -2.26. The molecule has 8 nitrogen and oxygen atoms in total. The molecule has 0 spiro atoms. The summed E-state index contributed by atoms with van der Waals surface area (Å²) >= 11 is 0. The van der Waals surface area contributed by atoms with Gasteiger partial charge in [-0.2, -0.15) is 0 Å². The highest BCUT2D eigenvalue weighted by atomic mass is 31.0. The Kier molecular flexibility index (Phi) is 20.5. The number of ether oxygens (including phenoxy) is 2. The average molecular weight is 644 g/mol. The number of hydrogen-bond acceptors (Lipinski definition) is 6. The fourth-order valence-corrected chi connectivity index (χ4v) is 4.76. The second-order valence-electron chi connectivity index (χ2n) is 10.6. The summed E-state index contributed by atoms with van der Waals surface area (Å²) in [5, 5.41) is 12.0. The van der Waals surface area contributed by atoms with Crippen molar-refractivity contribution in [2.75, 3.05) is 38.7 Å². The number of carbonyl (C=O) groups excluding carboxylic acids is 1. The molecule has 1 aromatic rings. The Morgan fingerprint density at radius 2 is 1.84 bits per heavy atom. The maximum atomic E-state index is 12.5. The zero-order valence-corrected chi connectivity index (χ0v) is 30.6. The number of cyclic esters (lactones) is 1. The van der Waals surface area contributed by atoms with Crippen molar-refractivity contribution in [3.8, 4) is 0 Å². The molecule has 252 valence electrons. The minimum atomic E-state index is -0.656. The predicted molar refractivity (Wildman–Crippen MR) is 194 cm³/mol. The summed E-state index contributed by atoms with van der Waals surface area (Å²) in [7, 11) is 6.30. The van der Waals surface area contributed by atoms with Crippen LogP contribution in [0, 0.1) is 0 Å². The summed E-state index contributed by atoms with van der Waals surface area (Å²) in [4.78, 5) is 30.1. The Morgan fingerprint density at radius 3 is 2.40 bits per heavy atom. The lowest BCUT2D eigenvalue weighted by Crippen LogP contribution is -2.36. The van der Waals surface area contributed by atoms with Crippen molar-refractivity contribution in [1.29, 1.82) is 0 Å². The monoisotopic (exact) mass is 643 g/mol. The summed E-state index contributed by atoms with van der Waals surface area (Å²) in [5.41, 5.74) is 2.34. The number of H-pyrrole nitrogens is 1. The van der Waals surface area contributed by atoms with Crippen molar-refractivity contribution in [3.05, 3.63) is 98.7 Å². The standard InChI is InChI=1S/C29H38N3O5P.C3H8.2C2H6/c1-6-7-23(38)11-8-20(2)27-24(33)16-21(9-12-25(27)36-5)18-31(4)15-14-29(3)19-32(28(35)37-29)22-10-13-26(34)30-17-22;1-3-2;2*1-2/h6-8,10-13,16-17,33H,9,14-15,18-19,38H2,1-5H3,(H,30,34);3H2,1-2H3;2*1-2H3/b7-6-,20-8+,23-11+;;;. The molecule has 2 heterocycles. The molecule has 1 amide bonds. The quantitative estimate of drug-likeness (QED) is 0.195. The SMILES string of the molecule is CC.CC.CCC.C\C=C/C(P)=C\C=C(/C)C1=C(O)C=C(CN(C)CCC2(C)CN(c3ccc(=O)[nH]c3)C(=O)O2)CC=C1OC. The van der Waals surface area contributed by atoms with Crippen LogP contribution in [0.2, 0.25) is 0 Å². The number of aromatic amines is 1. The van der Waals surface area contributed by atoms with Crippen LogP contribution < -0.4 is 10.5 Å². The van der Waals surface area contributed by atoms with E-state index in [0.717, 1.165) is 16.5 Å². The number of nitrogens with zero attached hydrogens (tertiary/aromatic N) is 2. The minimum absolute atomic E-state index is 0.172. The molecule has 0 saturated carbocycles.